The van der Waals surface area contributed by atoms with E-state index in [0.29, 0.717) is 23.7 Å². The van der Waals surface area contributed by atoms with Crippen LogP contribution >= 0.6 is 0 Å². The van der Waals surface area contributed by atoms with Gasteiger partial charge in [0.25, 0.3) is 0 Å². The number of aliphatic hydroxyl groups is 1. The highest BCUT2D eigenvalue weighted by molar-refractivity contribution is 5.52. The summed E-state index contributed by atoms with van der Waals surface area (Å²) in [5, 5.41) is 8.94. The molecule has 96 valence electrons. The molecule has 0 heterocycles. The molecule has 0 aliphatic heterocycles. The molecule has 1 aromatic carbocycles. The number of ether oxygens (including phenoxy) is 3. The first kappa shape index (κ1) is 13.6. The van der Waals surface area contributed by atoms with Crippen LogP contribution in [0.4, 0.5) is 0 Å². The summed E-state index contributed by atoms with van der Waals surface area (Å²) >= 11 is 0. The topological polar surface area (TPSA) is 73.9 Å². The third-order valence-electron chi connectivity index (χ3n) is 2.56. The maximum Gasteiger partial charge on any atom is 0.131 e. The van der Waals surface area contributed by atoms with Crippen molar-refractivity contribution in [2.24, 2.45) is 5.73 Å². The summed E-state index contributed by atoms with van der Waals surface area (Å²) in [5.41, 5.74) is 6.73. The van der Waals surface area contributed by atoms with Crippen LogP contribution in [0.5, 0.6) is 17.2 Å². The Morgan fingerprint density at radius 3 is 2.00 bits per heavy atom. The average Bonchev–Trinajstić information content (AvgIpc) is 2.37. The van der Waals surface area contributed by atoms with Crippen LogP contribution in [0, 0.1) is 0 Å². The van der Waals surface area contributed by atoms with E-state index < -0.39 is 0 Å². The Morgan fingerprint density at radius 1 is 1.12 bits per heavy atom. The van der Waals surface area contributed by atoms with Gasteiger partial charge in [-0.1, -0.05) is 0 Å². The van der Waals surface area contributed by atoms with E-state index in [1.165, 1.54) is 0 Å². The van der Waals surface area contributed by atoms with Gasteiger partial charge in [-0.3, -0.25) is 0 Å². The fourth-order valence-corrected chi connectivity index (χ4v) is 1.68. The normalized spacial score (nSPS) is 12.1. The van der Waals surface area contributed by atoms with Crippen molar-refractivity contribution in [2.45, 2.75) is 12.5 Å². The van der Waals surface area contributed by atoms with E-state index in [-0.39, 0.29) is 12.6 Å². The average molecular weight is 241 g/mol. The molecule has 0 radical (unpaired) electrons. The molecular formula is C12H19NO4. The highest BCUT2D eigenvalue weighted by atomic mass is 16.5. The zero-order chi connectivity index (χ0) is 12.8. The number of hydrogen-bond donors (Lipinski definition) is 2. The minimum Gasteiger partial charge on any atom is -0.496 e. The highest BCUT2D eigenvalue weighted by Gasteiger charge is 2.19. The van der Waals surface area contributed by atoms with Gasteiger partial charge in [0.05, 0.1) is 26.9 Å². The molecule has 5 heteroatoms. The van der Waals surface area contributed by atoms with E-state index in [4.69, 9.17) is 25.1 Å². The zero-order valence-corrected chi connectivity index (χ0v) is 10.4. The molecule has 0 aromatic heterocycles. The predicted molar refractivity (Wildman–Crippen MR) is 64.7 cm³/mol. The Kier molecular flexibility index (Phi) is 5.06. The van der Waals surface area contributed by atoms with Crippen LogP contribution in [0.3, 0.4) is 0 Å². The number of methoxy groups -OCH3 is 3. The number of hydrogen-bond acceptors (Lipinski definition) is 5. The van der Waals surface area contributed by atoms with Gasteiger partial charge < -0.3 is 25.1 Å². The van der Waals surface area contributed by atoms with Crippen molar-refractivity contribution < 1.29 is 19.3 Å². The maximum absolute atomic E-state index is 8.94. The third-order valence-corrected chi connectivity index (χ3v) is 2.56. The summed E-state index contributed by atoms with van der Waals surface area (Å²) < 4.78 is 15.7. The quantitative estimate of drug-likeness (QED) is 0.780. The molecule has 0 aliphatic rings. The van der Waals surface area contributed by atoms with E-state index in [2.05, 4.69) is 0 Å². The van der Waals surface area contributed by atoms with Crippen LogP contribution in [-0.4, -0.2) is 33.0 Å². The van der Waals surface area contributed by atoms with E-state index in [1.54, 1.807) is 33.5 Å². The Labute approximate surface area is 101 Å². The molecule has 1 atom stereocenters. The van der Waals surface area contributed by atoms with Gasteiger partial charge in [-0.25, -0.2) is 0 Å². The molecule has 1 aromatic rings. The second-order valence-electron chi connectivity index (χ2n) is 3.56. The van der Waals surface area contributed by atoms with Crippen LogP contribution < -0.4 is 19.9 Å². The summed E-state index contributed by atoms with van der Waals surface area (Å²) in [4.78, 5) is 0. The van der Waals surface area contributed by atoms with Gasteiger partial charge >= 0.3 is 0 Å². The van der Waals surface area contributed by atoms with Crippen LogP contribution in [0.2, 0.25) is 0 Å². The summed E-state index contributed by atoms with van der Waals surface area (Å²) in [6, 6.07) is 3.15. The molecule has 0 aliphatic carbocycles. The van der Waals surface area contributed by atoms with Crippen LogP contribution in [0.25, 0.3) is 0 Å². The summed E-state index contributed by atoms with van der Waals surface area (Å²) in [5.74, 6) is 1.84. The molecule has 1 rings (SSSR count). The van der Waals surface area contributed by atoms with E-state index in [0.717, 1.165) is 5.56 Å². The Balaban J connectivity index is 3.23. The molecule has 3 N–H and O–H groups in total. The van der Waals surface area contributed by atoms with Crippen molar-refractivity contribution in [1.29, 1.82) is 0 Å². The lowest BCUT2D eigenvalue weighted by molar-refractivity contribution is 0.273. The second kappa shape index (κ2) is 6.32. The van der Waals surface area contributed by atoms with Crippen LogP contribution in [0.15, 0.2) is 12.1 Å². The van der Waals surface area contributed by atoms with Crippen molar-refractivity contribution in [2.75, 3.05) is 27.9 Å². The van der Waals surface area contributed by atoms with Gasteiger partial charge in [-0.15, -0.1) is 0 Å². The fourth-order valence-electron chi connectivity index (χ4n) is 1.68. The third kappa shape index (κ3) is 3.01. The lowest BCUT2D eigenvalue weighted by Crippen LogP contribution is -2.14. The second-order valence-corrected chi connectivity index (χ2v) is 3.56. The van der Waals surface area contributed by atoms with Crippen molar-refractivity contribution in [3.63, 3.8) is 0 Å². The molecule has 17 heavy (non-hydrogen) atoms. The number of rotatable bonds is 6. The van der Waals surface area contributed by atoms with Gasteiger partial charge in [0, 0.05) is 24.8 Å². The Hall–Kier alpha value is -1.46. The first-order chi connectivity index (χ1) is 8.17. The smallest absolute Gasteiger partial charge is 0.131 e. The van der Waals surface area contributed by atoms with Gasteiger partial charge in [-0.05, 0) is 6.42 Å². The minimum atomic E-state index is -0.337. The van der Waals surface area contributed by atoms with Crippen molar-refractivity contribution in [3.05, 3.63) is 17.7 Å². The van der Waals surface area contributed by atoms with Gasteiger partial charge in [0.15, 0.2) is 0 Å². The van der Waals surface area contributed by atoms with Crippen molar-refractivity contribution in [1.82, 2.24) is 0 Å². The zero-order valence-electron chi connectivity index (χ0n) is 10.4. The van der Waals surface area contributed by atoms with Gasteiger partial charge in [-0.2, -0.15) is 0 Å². The van der Waals surface area contributed by atoms with Gasteiger partial charge in [0.2, 0.25) is 0 Å². The first-order valence-electron chi connectivity index (χ1n) is 5.34. The predicted octanol–water partition coefficient (Wildman–Crippen LogP) is 1.09. The lowest BCUT2D eigenvalue weighted by Gasteiger charge is -2.19. The Morgan fingerprint density at radius 2 is 1.65 bits per heavy atom. The first-order valence-corrected chi connectivity index (χ1v) is 5.34. The number of nitrogens with two attached hydrogens (primary N) is 1. The molecule has 0 bridgehead atoms. The van der Waals surface area contributed by atoms with Gasteiger partial charge in [0.1, 0.15) is 17.2 Å². The fraction of sp³-hybridized carbons (Fsp3) is 0.500. The van der Waals surface area contributed by atoms with Crippen molar-refractivity contribution in [3.8, 4) is 17.2 Å². The molecule has 0 spiro atoms. The molecule has 0 amide bonds. The lowest BCUT2D eigenvalue weighted by atomic mass is 10.0. The molecule has 0 saturated heterocycles. The van der Waals surface area contributed by atoms with E-state index >= 15 is 0 Å². The van der Waals surface area contributed by atoms with Crippen molar-refractivity contribution >= 4 is 0 Å². The Bertz CT molecular complexity index is 343. The molecule has 0 fully saturated rings. The maximum atomic E-state index is 8.94. The van der Waals surface area contributed by atoms with E-state index in [1.807, 2.05) is 0 Å². The summed E-state index contributed by atoms with van der Waals surface area (Å²) in [7, 11) is 4.69. The molecular weight excluding hydrogens is 222 g/mol. The summed E-state index contributed by atoms with van der Waals surface area (Å²) in [6.45, 7) is 0.0134. The van der Waals surface area contributed by atoms with E-state index in [9.17, 15) is 0 Å². The van der Waals surface area contributed by atoms with Crippen LogP contribution in [0.1, 0.15) is 18.0 Å². The highest BCUT2D eigenvalue weighted by Crippen LogP contribution is 2.38. The molecule has 0 saturated carbocycles. The molecule has 5 nitrogen and oxygen atoms in total. The largest absolute Gasteiger partial charge is 0.496 e. The van der Waals surface area contributed by atoms with Crippen LogP contribution in [-0.2, 0) is 0 Å². The SMILES string of the molecule is COc1cc(OC)c([C@@H](N)CCO)c(OC)c1. The monoisotopic (exact) mass is 241 g/mol. The summed E-state index contributed by atoms with van der Waals surface area (Å²) in [6.07, 6.45) is 0.444. The number of benzene rings is 1. The minimum absolute atomic E-state index is 0.0134. The standard InChI is InChI=1S/C12H19NO4/c1-15-8-6-10(16-2)12(9(13)4-5-14)11(7-8)17-3/h6-7,9,14H,4-5,13H2,1-3H3/t9-/m0/s1. The number of aliphatic hydroxyl groups excluding tert-OH is 1. The molecule has 0 unspecified atom stereocenters.